The molecule has 24 heavy (non-hydrogen) atoms. The van der Waals surface area contributed by atoms with E-state index in [1.165, 1.54) is 25.7 Å². The number of rotatable bonds is 7. The molecule has 0 amide bonds. The number of aliphatic imine (C=N–C) groups is 1. The summed E-state index contributed by atoms with van der Waals surface area (Å²) in [6, 6.07) is 0.458. The van der Waals surface area contributed by atoms with Gasteiger partial charge in [0.15, 0.2) is 5.96 Å². The minimum atomic E-state index is 0.182. The number of fused-ring (bicyclic) bond motifs is 1. The molecule has 0 spiro atoms. The smallest absolute Gasteiger partial charge is 0.191 e. The van der Waals surface area contributed by atoms with Crippen LogP contribution < -0.4 is 10.6 Å². The highest BCUT2D eigenvalue weighted by molar-refractivity contribution is 5.80. The Bertz CT molecular complexity index is 460. The Morgan fingerprint density at radius 3 is 2.75 bits per heavy atom. The zero-order valence-electron chi connectivity index (χ0n) is 15.9. The van der Waals surface area contributed by atoms with Crippen LogP contribution >= 0.6 is 0 Å². The van der Waals surface area contributed by atoms with Gasteiger partial charge in [-0.1, -0.05) is 20.3 Å². The second-order valence-corrected chi connectivity index (χ2v) is 8.48. The molecule has 3 fully saturated rings. The summed E-state index contributed by atoms with van der Waals surface area (Å²) in [5.74, 6) is 1.61. The van der Waals surface area contributed by atoms with Gasteiger partial charge in [-0.25, -0.2) is 0 Å². The van der Waals surface area contributed by atoms with E-state index < -0.39 is 0 Å². The molecule has 138 valence electrons. The Labute approximate surface area is 147 Å². The van der Waals surface area contributed by atoms with Crippen LogP contribution in [0, 0.1) is 16.7 Å². The van der Waals surface area contributed by atoms with Gasteiger partial charge in [0.2, 0.25) is 0 Å². The molecule has 2 aliphatic carbocycles. The van der Waals surface area contributed by atoms with Crippen molar-refractivity contribution in [3.8, 4) is 0 Å². The fraction of sp³-hybridized carbons (Fsp3) is 0.947. The summed E-state index contributed by atoms with van der Waals surface area (Å²) in [7, 11) is 1.79. The average molecular weight is 338 g/mol. The van der Waals surface area contributed by atoms with Gasteiger partial charge in [0.05, 0.1) is 6.10 Å². The minimum Gasteiger partial charge on any atom is -0.385 e. The van der Waals surface area contributed by atoms with Crippen LogP contribution in [0.15, 0.2) is 4.99 Å². The van der Waals surface area contributed by atoms with Crippen molar-refractivity contribution in [2.75, 3.05) is 33.4 Å². The first-order chi connectivity index (χ1) is 11.5. The maximum atomic E-state index is 5.91. The largest absolute Gasteiger partial charge is 0.385 e. The number of nitrogens with zero attached hydrogens (tertiary/aromatic N) is 1. The third-order valence-corrected chi connectivity index (χ3v) is 6.56. The van der Waals surface area contributed by atoms with Crippen molar-refractivity contribution in [2.45, 2.75) is 65.0 Å². The van der Waals surface area contributed by atoms with Gasteiger partial charge in [0.25, 0.3) is 0 Å². The van der Waals surface area contributed by atoms with E-state index in [1.807, 2.05) is 0 Å². The molecule has 1 saturated heterocycles. The molecule has 0 aromatic heterocycles. The van der Waals surface area contributed by atoms with Crippen LogP contribution in [0.2, 0.25) is 0 Å². The molecule has 3 atom stereocenters. The lowest BCUT2D eigenvalue weighted by molar-refractivity contribution is -0.106. The molecular weight excluding hydrogens is 302 g/mol. The van der Waals surface area contributed by atoms with Crippen molar-refractivity contribution in [3.05, 3.63) is 0 Å². The van der Waals surface area contributed by atoms with Gasteiger partial charge in [-0.2, -0.15) is 0 Å². The number of nitrogens with one attached hydrogen (secondary N) is 2. The standard InChI is InChI=1S/C19H35N3O2/c1-5-20-17(21-13-19(8-6-9-19)10-12-23-4)22-15-14-7-11-24-16(14)18(15,2)3/h14-16H,5-13H2,1-4H3,(H2,20,21,22). The lowest BCUT2D eigenvalue weighted by Crippen LogP contribution is -2.68. The molecule has 0 aromatic rings. The molecule has 1 heterocycles. The second kappa shape index (κ2) is 7.20. The molecule has 0 aromatic carbocycles. The molecular formula is C19H35N3O2. The molecule has 5 nitrogen and oxygen atoms in total. The van der Waals surface area contributed by atoms with Crippen LogP contribution in [0.1, 0.15) is 52.9 Å². The van der Waals surface area contributed by atoms with Crippen molar-refractivity contribution in [2.24, 2.45) is 21.7 Å². The van der Waals surface area contributed by atoms with E-state index in [9.17, 15) is 0 Å². The molecule has 3 rings (SSSR count). The number of hydrogen-bond donors (Lipinski definition) is 2. The molecule has 0 radical (unpaired) electrons. The first-order valence-corrected chi connectivity index (χ1v) is 9.68. The van der Waals surface area contributed by atoms with E-state index in [0.717, 1.165) is 38.7 Å². The van der Waals surface area contributed by atoms with Crippen LogP contribution in [0.3, 0.4) is 0 Å². The zero-order chi connectivity index (χ0) is 17.2. The van der Waals surface area contributed by atoms with Gasteiger partial charge >= 0.3 is 0 Å². The summed E-state index contributed by atoms with van der Waals surface area (Å²) in [5.41, 5.74) is 0.550. The summed E-state index contributed by atoms with van der Waals surface area (Å²) in [5, 5.41) is 7.16. The normalized spacial score (nSPS) is 33.3. The SMILES string of the molecule is CCNC(=NCC1(CCOC)CCC1)NC1C2CCOC2C1(C)C. The van der Waals surface area contributed by atoms with Crippen molar-refractivity contribution in [3.63, 3.8) is 0 Å². The van der Waals surface area contributed by atoms with E-state index in [0.29, 0.717) is 23.5 Å². The molecule has 0 bridgehead atoms. The van der Waals surface area contributed by atoms with E-state index in [-0.39, 0.29) is 5.41 Å². The maximum absolute atomic E-state index is 5.91. The second-order valence-electron chi connectivity index (χ2n) is 8.48. The fourth-order valence-corrected chi connectivity index (χ4v) is 4.81. The van der Waals surface area contributed by atoms with Crippen molar-refractivity contribution >= 4 is 5.96 Å². The third-order valence-electron chi connectivity index (χ3n) is 6.56. The van der Waals surface area contributed by atoms with Crippen molar-refractivity contribution < 1.29 is 9.47 Å². The summed E-state index contributed by atoms with van der Waals surface area (Å²) in [6.45, 7) is 10.3. The fourth-order valence-electron chi connectivity index (χ4n) is 4.81. The molecule has 2 N–H and O–H groups in total. The van der Waals surface area contributed by atoms with Crippen LogP contribution in [0.25, 0.3) is 0 Å². The summed E-state index contributed by atoms with van der Waals surface area (Å²) in [4.78, 5) is 4.96. The van der Waals surface area contributed by atoms with Crippen molar-refractivity contribution in [1.29, 1.82) is 0 Å². The first-order valence-electron chi connectivity index (χ1n) is 9.68. The molecule has 1 aliphatic heterocycles. The summed E-state index contributed by atoms with van der Waals surface area (Å²) in [6.07, 6.45) is 6.61. The Hall–Kier alpha value is -0.810. The molecule has 3 aliphatic rings. The Balaban J connectivity index is 1.62. The van der Waals surface area contributed by atoms with E-state index in [2.05, 4.69) is 31.4 Å². The number of hydrogen-bond acceptors (Lipinski definition) is 3. The molecule has 5 heteroatoms. The molecule has 2 saturated carbocycles. The van der Waals surface area contributed by atoms with Crippen LogP contribution in [0.5, 0.6) is 0 Å². The zero-order valence-corrected chi connectivity index (χ0v) is 15.9. The van der Waals surface area contributed by atoms with E-state index >= 15 is 0 Å². The van der Waals surface area contributed by atoms with Gasteiger partial charge in [0.1, 0.15) is 0 Å². The highest BCUT2D eigenvalue weighted by Crippen LogP contribution is 2.52. The number of guanidine groups is 1. The van der Waals surface area contributed by atoms with Gasteiger partial charge in [-0.15, -0.1) is 0 Å². The van der Waals surface area contributed by atoms with Gasteiger partial charge in [-0.05, 0) is 38.0 Å². The van der Waals surface area contributed by atoms with Crippen LogP contribution in [-0.4, -0.2) is 51.5 Å². The first kappa shape index (κ1) is 18.0. The monoisotopic (exact) mass is 337 g/mol. The average Bonchev–Trinajstić information content (AvgIpc) is 2.98. The predicted molar refractivity (Wildman–Crippen MR) is 97.3 cm³/mol. The van der Waals surface area contributed by atoms with Gasteiger partial charge in [0, 0.05) is 50.8 Å². The highest BCUT2D eigenvalue weighted by atomic mass is 16.5. The quantitative estimate of drug-likeness (QED) is 0.554. The Kier molecular flexibility index (Phi) is 5.40. The highest BCUT2D eigenvalue weighted by Gasteiger charge is 2.59. The third kappa shape index (κ3) is 3.30. The number of methoxy groups -OCH3 is 1. The summed E-state index contributed by atoms with van der Waals surface area (Å²) < 4.78 is 11.2. The lowest BCUT2D eigenvalue weighted by atomic mass is 9.57. The number of ether oxygens (including phenoxy) is 2. The van der Waals surface area contributed by atoms with Crippen molar-refractivity contribution in [1.82, 2.24) is 10.6 Å². The van der Waals surface area contributed by atoms with E-state index in [4.69, 9.17) is 14.5 Å². The van der Waals surface area contributed by atoms with E-state index in [1.54, 1.807) is 7.11 Å². The van der Waals surface area contributed by atoms with Crippen LogP contribution in [-0.2, 0) is 9.47 Å². The molecule has 3 unspecified atom stereocenters. The maximum Gasteiger partial charge on any atom is 0.191 e. The Morgan fingerprint density at radius 2 is 2.12 bits per heavy atom. The predicted octanol–water partition coefficient (Wildman–Crippen LogP) is 2.56. The van der Waals surface area contributed by atoms with Gasteiger partial charge < -0.3 is 20.1 Å². The van der Waals surface area contributed by atoms with Gasteiger partial charge in [-0.3, -0.25) is 4.99 Å². The Morgan fingerprint density at radius 1 is 1.33 bits per heavy atom. The minimum absolute atomic E-state index is 0.182. The lowest BCUT2D eigenvalue weighted by Gasteiger charge is -2.55. The topological polar surface area (TPSA) is 54.9 Å². The summed E-state index contributed by atoms with van der Waals surface area (Å²) >= 11 is 0. The van der Waals surface area contributed by atoms with Crippen LogP contribution in [0.4, 0.5) is 0 Å².